The molecule has 3 saturated carbocycles. The molecular formula is C15H15BrCl2O. The predicted molar refractivity (Wildman–Crippen MR) is 82.4 cm³/mol. The van der Waals surface area contributed by atoms with Crippen LogP contribution < -0.4 is 0 Å². The molecule has 0 amide bonds. The van der Waals surface area contributed by atoms with Crippen LogP contribution in [0.5, 0.6) is 0 Å². The standard InChI is InChI=1S/C15H15BrCl2O/c16-15(8-19)11-4-1-9(2-5-11)14(15)10-3-6-12(17)13(18)7-10/h3,6-9,11,14H,1-2,4-5H2. The van der Waals surface area contributed by atoms with Crippen molar-refractivity contribution in [1.29, 1.82) is 0 Å². The summed E-state index contributed by atoms with van der Waals surface area (Å²) >= 11 is 15.9. The maximum absolute atomic E-state index is 11.7. The summed E-state index contributed by atoms with van der Waals surface area (Å²) in [6, 6.07) is 5.77. The van der Waals surface area contributed by atoms with E-state index >= 15 is 0 Å². The Kier molecular flexibility index (Phi) is 3.70. The van der Waals surface area contributed by atoms with Crippen LogP contribution in [0, 0.1) is 11.8 Å². The van der Waals surface area contributed by atoms with Crippen LogP contribution in [0.15, 0.2) is 18.2 Å². The summed E-state index contributed by atoms with van der Waals surface area (Å²) < 4.78 is -0.425. The number of benzene rings is 1. The molecule has 2 bridgehead atoms. The first-order valence-electron chi connectivity index (χ1n) is 6.66. The van der Waals surface area contributed by atoms with Gasteiger partial charge in [0.2, 0.25) is 0 Å². The maximum Gasteiger partial charge on any atom is 0.137 e. The highest BCUT2D eigenvalue weighted by molar-refractivity contribution is 9.10. The molecule has 0 aromatic heterocycles. The Hall–Kier alpha value is -0.0500. The lowest BCUT2D eigenvalue weighted by molar-refractivity contribution is -0.114. The minimum absolute atomic E-state index is 0.215. The normalized spacial score (nSPS) is 37.3. The molecule has 2 atom stereocenters. The zero-order chi connectivity index (χ0) is 13.6. The van der Waals surface area contributed by atoms with E-state index in [0.717, 1.165) is 24.7 Å². The molecule has 4 rings (SSSR count). The van der Waals surface area contributed by atoms with Crippen molar-refractivity contribution in [2.75, 3.05) is 0 Å². The summed E-state index contributed by atoms with van der Waals surface area (Å²) in [6.45, 7) is 0. The molecule has 1 nitrogen and oxygen atoms in total. The first-order valence-corrected chi connectivity index (χ1v) is 8.21. The van der Waals surface area contributed by atoms with Crippen molar-refractivity contribution in [1.82, 2.24) is 0 Å². The number of aldehydes is 1. The van der Waals surface area contributed by atoms with Gasteiger partial charge in [-0.1, -0.05) is 45.2 Å². The summed E-state index contributed by atoms with van der Waals surface area (Å²) in [7, 11) is 0. The van der Waals surface area contributed by atoms with Crippen molar-refractivity contribution in [2.45, 2.75) is 35.9 Å². The number of hydrogen-bond acceptors (Lipinski definition) is 1. The lowest BCUT2D eigenvalue weighted by atomic mass is 9.57. The Bertz CT molecular complexity index is 511. The van der Waals surface area contributed by atoms with Gasteiger partial charge >= 0.3 is 0 Å². The van der Waals surface area contributed by atoms with Gasteiger partial charge in [-0.15, -0.1) is 0 Å². The minimum Gasteiger partial charge on any atom is -0.302 e. The van der Waals surface area contributed by atoms with Gasteiger partial charge in [-0.25, -0.2) is 0 Å². The Morgan fingerprint density at radius 2 is 1.84 bits per heavy atom. The van der Waals surface area contributed by atoms with E-state index < -0.39 is 4.32 Å². The Morgan fingerprint density at radius 3 is 2.42 bits per heavy atom. The van der Waals surface area contributed by atoms with Gasteiger partial charge in [-0.2, -0.15) is 0 Å². The van der Waals surface area contributed by atoms with Gasteiger partial charge in [-0.3, -0.25) is 0 Å². The molecule has 3 fully saturated rings. The van der Waals surface area contributed by atoms with E-state index in [-0.39, 0.29) is 5.92 Å². The summed E-state index contributed by atoms with van der Waals surface area (Å²) in [5, 5.41) is 1.14. The number of hydrogen-bond donors (Lipinski definition) is 0. The first-order chi connectivity index (χ1) is 9.06. The fourth-order valence-electron chi connectivity index (χ4n) is 3.91. The third kappa shape index (κ3) is 2.16. The second-order valence-corrected chi connectivity index (χ2v) is 7.90. The highest BCUT2D eigenvalue weighted by atomic mass is 79.9. The molecule has 19 heavy (non-hydrogen) atoms. The molecule has 1 aromatic carbocycles. The zero-order valence-corrected chi connectivity index (χ0v) is 13.5. The largest absolute Gasteiger partial charge is 0.302 e. The second kappa shape index (κ2) is 5.05. The molecule has 0 heterocycles. The molecule has 1 aromatic rings. The second-order valence-electron chi connectivity index (χ2n) is 5.71. The third-order valence-electron chi connectivity index (χ3n) is 4.83. The smallest absolute Gasteiger partial charge is 0.137 e. The van der Waals surface area contributed by atoms with E-state index in [2.05, 4.69) is 15.9 Å². The van der Waals surface area contributed by atoms with E-state index in [4.69, 9.17) is 23.2 Å². The molecule has 4 heteroatoms. The molecule has 3 aliphatic rings. The number of carbonyl (C=O) groups is 1. The molecular weight excluding hydrogens is 347 g/mol. The minimum atomic E-state index is -0.425. The average molecular weight is 362 g/mol. The number of halogens is 3. The van der Waals surface area contributed by atoms with Crippen molar-refractivity contribution in [2.24, 2.45) is 11.8 Å². The monoisotopic (exact) mass is 360 g/mol. The fraction of sp³-hybridized carbons (Fsp3) is 0.533. The molecule has 0 spiro atoms. The van der Waals surface area contributed by atoms with Crippen LogP contribution in [-0.4, -0.2) is 10.6 Å². The van der Waals surface area contributed by atoms with Gasteiger partial charge in [0, 0.05) is 5.92 Å². The highest BCUT2D eigenvalue weighted by Crippen LogP contribution is 2.58. The Balaban J connectivity index is 2.06. The SMILES string of the molecule is O=CC1(Br)C2CCC(CC2)C1c1ccc(Cl)c(Cl)c1. The van der Waals surface area contributed by atoms with Gasteiger partial charge in [0.05, 0.1) is 14.4 Å². The van der Waals surface area contributed by atoms with Gasteiger partial charge in [-0.05, 0) is 55.2 Å². The first kappa shape index (κ1) is 13.9. The molecule has 102 valence electrons. The zero-order valence-electron chi connectivity index (χ0n) is 10.4. The maximum atomic E-state index is 11.7. The lowest BCUT2D eigenvalue weighted by Crippen LogP contribution is -2.50. The topological polar surface area (TPSA) is 17.1 Å². The number of rotatable bonds is 2. The van der Waals surface area contributed by atoms with E-state index in [9.17, 15) is 4.79 Å². The Labute approximate surface area is 131 Å². The van der Waals surface area contributed by atoms with Crippen LogP contribution in [0.2, 0.25) is 10.0 Å². The van der Waals surface area contributed by atoms with Gasteiger partial charge in [0.25, 0.3) is 0 Å². The van der Waals surface area contributed by atoms with E-state index in [1.807, 2.05) is 18.2 Å². The van der Waals surface area contributed by atoms with Crippen LogP contribution in [0.1, 0.15) is 37.2 Å². The number of alkyl halides is 1. The van der Waals surface area contributed by atoms with Crippen molar-refractivity contribution in [3.63, 3.8) is 0 Å². The van der Waals surface area contributed by atoms with Gasteiger partial charge < -0.3 is 4.79 Å². The summed E-state index contributed by atoms with van der Waals surface area (Å²) in [5.74, 6) is 1.22. The molecule has 0 radical (unpaired) electrons. The quantitative estimate of drug-likeness (QED) is 0.520. The van der Waals surface area contributed by atoms with Crippen molar-refractivity contribution < 1.29 is 4.79 Å². The molecule has 0 saturated heterocycles. The van der Waals surface area contributed by atoms with Crippen LogP contribution in [0.3, 0.4) is 0 Å². The van der Waals surface area contributed by atoms with Crippen molar-refractivity contribution >= 4 is 45.4 Å². The van der Waals surface area contributed by atoms with Crippen molar-refractivity contribution in [3.8, 4) is 0 Å². The summed E-state index contributed by atoms with van der Waals surface area (Å²) in [4.78, 5) is 11.7. The third-order valence-corrected chi connectivity index (χ3v) is 6.90. The van der Waals surface area contributed by atoms with Crippen LogP contribution in [-0.2, 0) is 4.79 Å². The summed E-state index contributed by atoms with van der Waals surface area (Å²) in [6.07, 6.45) is 5.81. The predicted octanol–water partition coefficient (Wildman–Crippen LogP) is 5.23. The van der Waals surface area contributed by atoms with Crippen LogP contribution >= 0.6 is 39.1 Å². The summed E-state index contributed by atoms with van der Waals surface area (Å²) in [5.41, 5.74) is 1.13. The molecule has 0 N–H and O–H groups in total. The number of carbonyl (C=O) groups excluding carboxylic acids is 1. The van der Waals surface area contributed by atoms with E-state index in [0.29, 0.717) is 21.9 Å². The van der Waals surface area contributed by atoms with Crippen LogP contribution in [0.25, 0.3) is 0 Å². The number of fused-ring (bicyclic) bond motifs is 3. The van der Waals surface area contributed by atoms with Crippen LogP contribution in [0.4, 0.5) is 0 Å². The van der Waals surface area contributed by atoms with Crippen molar-refractivity contribution in [3.05, 3.63) is 33.8 Å². The van der Waals surface area contributed by atoms with E-state index in [1.54, 1.807) is 0 Å². The molecule has 3 aliphatic carbocycles. The fourth-order valence-corrected chi connectivity index (χ4v) is 5.32. The molecule has 0 aliphatic heterocycles. The van der Waals surface area contributed by atoms with Gasteiger partial charge in [0.1, 0.15) is 6.29 Å². The lowest BCUT2D eigenvalue weighted by Gasteiger charge is -2.52. The Morgan fingerprint density at radius 1 is 1.16 bits per heavy atom. The average Bonchev–Trinajstić information content (AvgIpc) is 2.43. The highest BCUT2D eigenvalue weighted by Gasteiger charge is 2.53. The molecule has 2 unspecified atom stereocenters. The van der Waals surface area contributed by atoms with Gasteiger partial charge in [0.15, 0.2) is 0 Å². The van der Waals surface area contributed by atoms with E-state index in [1.165, 1.54) is 12.8 Å².